The Hall–Kier alpha value is -3.88. The molecule has 5 rings (SSSR count). The molecule has 2 aromatic carbocycles. The summed E-state index contributed by atoms with van der Waals surface area (Å²) in [7, 11) is 0. The molecule has 0 spiro atoms. The van der Waals surface area contributed by atoms with Crippen molar-refractivity contribution in [1.82, 2.24) is 20.1 Å². The molecular weight excluding hydrogens is 454 g/mol. The van der Waals surface area contributed by atoms with Crippen LogP contribution in [0, 0.1) is 18.6 Å². The molecule has 35 heavy (non-hydrogen) atoms. The second-order valence-electron chi connectivity index (χ2n) is 8.86. The van der Waals surface area contributed by atoms with Gasteiger partial charge in [-0.05, 0) is 62.1 Å². The van der Waals surface area contributed by atoms with Crippen LogP contribution in [0.1, 0.15) is 65.1 Å². The van der Waals surface area contributed by atoms with Crippen LogP contribution in [0.15, 0.2) is 57.6 Å². The number of nitrogens with zero attached hydrogens (tertiary/aromatic N) is 4. The van der Waals surface area contributed by atoms with E-state index in [-0.39, 0.29) is 35.1 Å². The van der Waals surface area contributed by atoms with Crippen LogP contribution >= 0.6 is 0 Å². The van der Waals surface area contributed by atoms with Crippen molar-refractivity contribution in [1.29, 1.82) is 0 Å². The Morgan fingerprint density at radius 3 is 2.71 bits per heavy atom. The Bertz CT molecular complexity index is 1350. The van der Waals surface area contributed by atoms with Crippen LogP contribution in [-0.2, 0) is 6.42 Å². The monoisotopic (exact) mass is 478 g/mol. The number of benzene rings is 2. The van der Waals surface area contributed by atoms with E-state index in [9.17, 15) is 13.6 Å². The molecule has 1 fully saturated rings. The van der Waals surface area contributed by atoms with E-state index in [2.05, 4.69) is 15.2 Å². The van der Waals surface area contributed by atoms with Crippen molar-refractivity contribution >= 4 is 5.91 Å². The van der Waals surface area contributed by atoms with Crippen LogP contribution in [0.4, 0.5) is 8.78 Å². The summed E-state index contributed by atoms with van der Waals surface area (Å²) in [5, 5.41) is 8.10. The Balaban J connectivity index is 1.36. The highest BCUT2D eigenvalue weighted by Crippen LogP contribution is 2.34. The molecule has 1 aliphatic rings. The summed E-state index contributed by atoms with van der Waals surface area (Å²) in [6.07, 6.45) is 3.69. The molecule has 0 N–H and O–H groups in total. The lowest BCUT2D eigenvalue weighted by molar-refractivity contribution is 0.0715. The summed E-state index contributed by atoms with van der Waals surface area (Å²) < 4.78 is 39.2. The highest BCUT2D eigenvalue weighted by atomic mass is 19.1. The van der Waals surface area contributed by atoms with E-state index in [1.807, 2.05) is 13.8 Å². The van der Waals surface area contributed by atoms with Gasteiger partial charge in [-0.2, -0.15) is 0 Å². The second-order valence-corrected chi connectivity index (χ2v) is 8.86. The molecule has 2 atom stereocenters. The van der Waals surface area contributed by atoms with E-state index in [4.69, 9.17) is 8.83 Å². The number of carbonyl (C=O) groups excluding carboxylic acids is 1. The molecule has 0 radical (unpaired) electrons. The van der Waals surface area contributed by atoms with Gasteiger partial charge >= 0.3 is 0 Å². The lowest BCUT2D eigenvalue weighted by Gasteiger charge is -2.22. The van der Waals surface area contributed by atoms with Gasteiger partial charge in [0.2, 0.25) is 11.8 Å². The van der Waals surface area contributed by atoms with Crippen molar-refractivity contribution < 1.29 is 22.4 Å². The second kappa shape index (κ2) is 9.40. The smallest absolute Gasteiger partial charge is 0.254 e. The SMILES string of the molecule is Cc1coc(C2CCCN2C(=O)c2ccc(F)c(-c3nnc(C(C)Cc4ccc(F)cc4)o3)c2)n1. The number of hydrogen-bond acceptors (Lipinski definition) is 6. The first-order valence-corrected chi connectivity index (χ1v) is 11.5. The minimum absolute atomic E-state index is 0.000552. The number of carbonyl (C=O) groups is 1. The molecule has 2 aromatic heterocycles. The minimum Gasteiger partial charge on any atom is -0.446 e. The third-order valence-corrected chi connectivity index (χ3v) is 6.20. The zero-order chi connectivity index (χ0) is 24.5. The third-order valence-electron chi connectivity index (χ3n) is 6.20. The molecule has 0 saturated carbocycles. The van der Waals surface area contributed by atoms with Gasteiger partial charge in [0.05, 0.1) is 11.3 Å². The molecule has 9 heteroatoms. The number of likely N-dealkylation sites (tertiary alicyclic amines) is 1. The summed E-state index contributed by atoms with van der Waals surface area (Å²) in [6, 6.07) is 10.1. The molecule has 2 unspecified atom stereocenters. The Morgan fingerprint density at radius 1 is 1.17 bits per heavy atom. The molecule has 1 amide bonds. The lowest BCUT2D eigenvalue weighted by Crippen LogP contribution is -2.30. The van der Waals surface area contributed by atoms with Gasteiger partial charge in [-0.25, -0.2) is 13.8 Å². The maximum absolute atomic E-state index is 14.7. The number of rotatable bonds is 6. The van der Waals surface area contributed by atoms with Crippen LogP contribution in [0.5, 0.6) is 0 Å². The first-order chi connectivity index (χ1) is 16.9. The highest BCUT2D eigenvalue weighted by molar-refractivity contribution is 5.95. The minimum atomic E-state index is -0.566. The summed E-state index contributed by atoms with van der Waals surface area (Å²) in [6.45, 7) is 4.29. The zero-order valence-electron chi connectivity index (χ0n) is 19.4. The van der Waals surface area contributed by atoms with Gasteiger partial charge in [0, 0.05) is 18.0 Å². The van der Waals surface area contributed by atoms with Gasteiger partial charge in [0.1, 0.15) is 23.9 Å². The summed E-state index contributed by atoms with van der Waals surface area (Å²) in [5.41, 5.74) is 2.05. The van der Waals surface area contributed by atoms with Crippen LogP contribution in [0.3, 0.4) is 0 Å². The standard InChI is InChI=1S/C26H24F2N4O3/c1-15(12-17-5-8-19(27)9-6-17)23-30-31-24(35-23)20-13-18(7-10-21(20)28)26(33)32-11-3-4-22(32)25-29-16(2)14-34-25/h5-10,13-15,22H,3-4,11-12H2,1-2H3. The van der Waals surface area contributed by atoms with Crippen LogP contribution in [-0.4, -0.2) is 32.5 Å². The molecule has 4 aromatic rings. The van der Waals surface area contributed by atoms with Gasteiger partial charge in [0.15, 0.2) is 0 Å². The first kappa shape index (κ1) is 22.9. The first-order valence-electron chi connectivity index (χ1n) is 11.5. The van der Waals surface area contributed by atoms with E-state index in [0.29, 0.717) is 30.3 Å². The fraction of sp³-hybridized carbons (Fsp3) is 0.308. The van der Waals surface area contributed by atoms with Gasteiger partial charge < -0.3 is 13.7 Å². The quantitative estimate of drug-likeness (QED) is 0.357. The van der Waals surface area contributed by atoms with Crippen LogP contribution in [0.2, 0.25) is 0 Å². The topological polar surface area (TPSA) is 85.3 Å². The Kier molecular flexibility index (Phi) is 6.15. The Labute approximate surface area is 200 Å². The van der Waals surface area contributed by atoms with Crippen molar-refractivity contribution in [3.05, 3.63) is 89.0 Å². The maximum atomic E-state index is 14.7. The summed E-state index contributed by atoms with van der Waals surface area (Å²) >= 11 is 0. The van der Waals surface area contributed by atoms with Crippen molar-refractivity contribution in [3.8, 4) is 11.5 Å². The van der Waals surface area contributed by atoms with Gasteiger partial charge in [-0.1, -0.05) is 19.1 Å². The van der Waals surface area contributed by atoms with Crippen molar-refractivity contribution in [2.75, 3.05) is 6.54 Å². The number of hydrogen-bond donors (Lipinski definition) is 0. The predicted molar refractivity (Wildman–Crippen MR) is 122 cm³/mol. The number of aryl methyl sites for hydroxylation is 1. The Morgan fingerprint density at radius 2 is 1.97 bits per heavy atom. The van der Waals surface area contributed by atoms with E-state index >= 15 is 0 Å². The number of aromatic nitrogens is 3. The van der Waals surface area contributed by atoms with Gasteiger partial charge in [0.25, 0.3) is 11.8 Å². The zero-order valence-corrected chi connectivity index (χ0v) is 19.4. The predicted octanol–water partition coefficient (Wildman–Crippen LogP) is 5.63. The van der Waals surface area contributed by atoms with Crippen molar-refractivity contribution in [2.45, 2.75) is 45.1 Å². The summed E-state index contributed by atoms with van der Waals surface area (Å²) in [5.74, 6) is -0.435. The fourth-order valence-corrected chi connectivity index (χ4v) is 4.38. The van der Waals surface area contributed by atoms with E-state index in [1.165, 1.54) is 30.3 Å². The molecule has 7 nitrogen and oxygen atoms in total. The van der Waals surface area contributed by atoms with Crippen molar-refractivity contribution in [3.63, 3.8) is 0 Å². The van der Waals surface area contributed by atoms with E-state index < -0.39 is 5.82 Å². The van der Waals surface area contributed by atoms with Gasteiger partial charge in [-0.15, -0.1) is 10.2 Å². The van der Waals surface area contributed by atoms with Crippen molar-refractivity contribution in [2.24, 2.45) is 0 Å². The van der Waals surface area contributed by atoms with Gasteiger partial charge in [-0.3, -0.25) is 4.79 Å². The number of halogens is 2. The molecule has 0 bridgehead atoms. The lowest BCUT2D eigenvalue weighted by atomic mass is 10.0. The molecule has 180 valence electrons. The molecule has 1 saturated heterocycles. The van der Waals surface area contributed by atoms with E-state index in [1.54, 1.807) is 23.3 Å². The molecule has 1 aliphatic heterocycles. The third kappa shape index (κ3) is 4.71. The fourth-order valence-electron chi connectivity index (χ4n) is 4.38. The maximum Gasteiger partial charge on any atom is 0.254 e. The number of oxazole rings is 1. The normalized spacial score (nSPS) is 16.6. The molecular formula is C26H24F2N4O3. The number of amides is 1. The molecule has 3 heterocycles. The molecule has 0 aliphatic carbocycles. The van der Waals surface area contributed by atoms with Crippen LogP contribution < -0.4 is 0 Å². The highest BCUT2D eigenvalue weighted by Gasteiger charge is 2.34. The average Bonchev–Trinajstić information content (AvgIpc) is 3.61. The van der Waals surface area contributed by atoms with Crippen LogP contribution in [0.25, 0.3) is 11.5 Å². The summed E-state index contributed by atoms with van der Waals surface area (Å²) in [4.78, 5) is 19.4. The average molecular weight is 478 g/mol. The largest absolute Gasteiger partial charge is 0.446 e. The van der Waals surface area contributed by atoms with E-state index in [0.717, 1.165) is 24.1 Å².